The highest BCUT2D eigenvalue weighted by atomic mass is 15.2. The third-order valence-electron chi connectivity index (χ3n) is 3.40. The second-order valence-electron chi connectivity index (χ2n) is 4.51. The summed E-state index contributed by atoms with van der Waals surface area (Å²) in [5, 5.41) is 3.39. The van der Waals surface area contributed by atoms with E-state index in [0.717, 1.165) is 26.2 Å². The average molecular weight is 233 g/mol. The summed E-state index contributed by atoms with van der Waals surface area (Å²) in [5.41, 5.74) is 1.34. The molecule has 1 saturated heterocycles. The van der Waals surface area contributed by atoms with Gasteiger partial charge in [-0.25, -0.2) is 0 Å². The zero-order valence-electron chi connectivity index (χ0n) is 10.7. The molecule has 1 fully saturated rings. The minimum absolute atomic E-state index is 1.08. The Morgan fingerprint density at radius 2 is 1.88 bits per heavy atom. The molecular formula is C14H23N3. The van der Waals surface area contributed by atoms with Crippen LogP contribution in [0.4, 0.5) is 5.69 Å². The Morgan fingerprint density at radius 1 is 1.18 bits per heavy atom. The van der Waals surface area contributed by atoms with E-state index in [4.69, 9.17) is 0 Å². The van der Waals surface area contributed by atoms with Gasteiger partial charge in [-0.3, -0.25) is 4.90 Å². The van der Waals surface area contributed by atoms with Gasteiger partial charge in [0.15, 0.2) is 0 Å². The number of nitrogens with zero attached hydrogens (tertiary/aromatic N) is 2. The molecule has 1 aromatic carbocycles. The van der Waals surface area contributed by atoms with Crippen LogP contribution in [0.3, 0.4) is 0 Å². The van der Waals surface area contributed by atoms with E-state index in [2.05, 4.69) is 52.4 Å². The van der Waals surface area contributed by atoms with Crippen molar-refractivity contribution in [2.45, 2.75) is 6.92 Å². The van der Waals surface area contributed by atoms with Crippen molar-refractivity contribution >= 4 is 5.69 Å². The summed E-state index contributed by atoms with van der Waals surface area (Å²) in [6.07, 6.45) is 0. The largest absolute Gasteiger partial charge is 0.371 e. The number of benzene rings is 1. The molecule has 0 atom stereocenters. The molecule has 17 heavy (non-hydrogen) atoms. The van der Waals surface area contributed by atoms with Crippen molar-refractivity contribution in [3.8, 4) is 0 Å². The Bertz CT molecular complexity index is 307. The van der Waals surface area contributed by atoms with Crippen LogP contribution in [0.2, 0.25) is 0 Å². The minimum atomic E-state index is 1.08. The van der Waals surface area contributed by atoms with Gasteiger partial charge in [0.25, 0.3) is 0 Å². The molecule has 1 heterocycles. The van der Waals surface area contributed by atoms with E-state index in [1.54, 1.807) is 0 Å². The van der Waals surface area contributed by atoms with Crippen LogP contribution >= 0.6 is 0 Å². The monoisotopic (exact) mass is 233 g/mol. The van der Waals surface area contributed by atoms with Crippen LogP contribution < -0.4 is 10.2 Å². The van der Waals surface area contributed by atoms with Gasteiger partial charge in [0.05, 0.1) is 0 Å². The molecule has 0 radical (unpaired) electrons. The first kappa shape index (κ1) is 12.4. The van der Waals surface area contributed by atoms with Crippen molar-refractivity contribution in [1.82, 2.24) is 10.2 Å². The van der Waals surface area contributed by atoms with E-state index < -0.39 is 0 Å². The number of anilines is 1. The summed E-state index contributed by atoms with van der Waals surface area (Å²) in [5.74, 6) is 0. The van der Waals surface area contributed by atoms with Crippen molar-refractivity contribution in [2.75, 3.05) is 50.7 Å². The Balaban J connectivity index is 1.83. The Labute approximate surface area is 104 Å². The van der Waals surface area contributed by atoms with E-state index in [-0.39, 0.29) is 0 Å². The molecule has 1 aromatic rings. The van der Waals surface area contributed by atoms with E-state index in [0.29, 0.717) is 0 Å². The first-order chi connectivity index (χ1) is 8.40. The second kappa shape index (κ2) is 6.62. The summed E-state index contributed by atoms with van der Waals surface area (Å²) in [7, 11) is 0. The first-order valence-electron chi connectivity index (χ1n) is 6.63. The zero-order valence-corrected chi connectivity index (χ0v) is 10.7. The summed E-state index contributed by atoms with van der Waals surface area (Å²) in [6.45, 7) is 10.2. The lowest BCUT2D eigenvalue weighted by Crippen LogP contribution is -2.46. The average Bonchev–Trinajstić information content (AvgIpc) is 2.42. The quantitative estimate of drug-likeness (QED) is 0.830. The number of hydrogen-bond acceptors (Lipinski definition) is 3. The molecule has 0 unspecified atom stereocenters. The van der Waals surface area contributed by atoms with Crippen LogP contribution in [-0.4, -0.2) is 50.7 Å². The molecule has 0 bridgehead atoms. The van der Waals surface area contributed by atoms with Crippen molar-refractivity contribution in [1.29, 1.82) is 0 Å². The first-order valence-corrected chi connectivity index (χ1v) is 6.63. The maximum absolute atomic E-state index is 3.39. The van der Waals surface area contributed by atoms with E-state index >= 15 is 0 Å². The second-order valence-corrected chi connectivity index (χ2v) is 4.51. The van der Waals surface area contributed by atoms with Crippen molar-refractivity contribution in [3.05, 3.63) is 30.3 Å². The van der Waals surface area contributed by atoms with Gasteiger partial charge >= 0.3 is 0 Å². The van der Waals surface area contributed by atoms with E-state index in [1.807, 2.05) is 0 Å². The highest BCUT2D eigenvalue weighted by molar-refractivity contribution is 5.45. The molecule has 3 heteroatoms. The maximum atomic E-state index is 3.39. The molecule has 0 spiro atoms. The maximum Gasteiger partial charge on any atom is 0.0366 e. The van der Waals surface area contributed by atoms with Crippen LogP contribution in [0.15, 0.2) is 30.3 Å². The molecule has 1 N–H and O–H groups in total. The topological polar surface area (TPSA) is 18.5 Å². The fourth-order valence-corrected chi connectivity index (χ4v) is 2.31. The van der Waals surface area contributed by atoms with Crippen LogP contribution in [0, 0.1) is 0 Å². The predicted molar refractivity (Wildman–Crippen MR) is 73.6 cm³/mol. The van der Waals surface area contributed by atoms with Gasteiger partial charge in [0, 0.05) is 51.5 Å². The Morgan fingerprint density at radius 3 is 2.53 bits per heavy atom. The molecule has 0 saturated carbocycles. The van der Waals surface area contributed by atoms with Gasteiger partial charge in [0.1, 0.15) is 0 Å². The fraction of sp³-hybridized carbons (Fsp3) is 0.571. The minimum Gasteiger partial charge on any atom is -0.371 e. The number of likely N-dealkylation sites (N-methyl/N-ethyl adjacent to an activating group) is 1. The Kier molecular flexibility index (Phi) is 4.83. The molecule has 0 amide bonds. The molecule has 2 rings (SSSR count). The predicted octanol–water partition coefficient (Wildman–Crippen LogP) is 1.42. The number of piperazine rings is 1. The number of rotatable bonds is 5. The van der Waals surface area contributed by atoms with E-state index in [1.165, 1.54) is 25.3 Å². The smallest absolute Gasteiger partial charge is 0.0366 e. The van der Waals surface area contributed by atoms with Gasteiger partial charge in [-0.1, -0.05) is 18.2 Å². The number of hydrogen-bond donors (Lipinski definition) is 1. The molecule has 0 aliphatic carbocycles. The van der Waals surface area contributed by atoms with Gasteiger partial charge < -0.3 is 10.2 Å². The molecule has 94 valence electrons. The van der Waals surface area contributed by atoms with Crippen molar-refractivity contribution < 1.29 is 0 Å². The normalized spacial score (nSPS) is 17.0. The SMILES string of the molecule is CCN(CCN1CCNCC1)c1ccccc1. The standard InChI is InChI=1S/C14H23N3/c1-2-17(14-6-4-3-5-7-14)13-12-16-10-8-15-9-11-16/h3-7,15H,2,8-13H2,1H3. The molecular weight excluding hydrogens is 210 g/mol. The third-order valence-corrected chi connectivity index (χ3v) is 3.40. The molecule has 1 aliphatic heterocycles. The lowest BCUT2D eigenvalue weighted by Gasteiger charge is -2.31. The molecule has 1 aliphatic rings. The molecule has 3 nitrogen and oxygen atoms in total. The highest BCUT2D eigenvalue weighted by Gasteiger charge is 2.11. The highest BCUT2D eigenvalue weighted by Crippen LogP contribution is 2.12. The fourth-order valence-electron chi connectivity index (χ4n) is 2.31. The van der Waals surface area contributed by atoms with Gasteiger partial charge in [-0.2, -0.15) is 0 Å². The summed E-state index contributed by atoms with van der Waals surface area (Å²) < 4.78 is 0. The van der Waals surface area contributed by atoms with Crippen molar-refractivity contribution in [3.63, 3.8) is 0 Å². The zero-order chi connectivity index (χ0) is 11.9. The van der Waals surface area contributed by atoms with Crippen LogP contribution in [-0.2, 0) is 0 Å². The summed E-state index contributed by atoms with van der Waals surface area (Å²) in [4.78, 5) is 4.99. The van der Waals surface area contributed by atoms with Gasteiger partial charge in [0.2, 0.25) is 0 Å². The molecule has 0 aromatic heterocycles. The van der Waals surface area contributed by atoms with Gasteiger partial charge in [-0.15, -0.1) is 0 Å². The number of nitrogens with one attached hydrogen (secondary N) is 1. The van der Waals surface area contributed by atoms with E-state index in [9.17, 15) is 0 Å². The lowest BCUT2D eigenvalue weighted by atomic mass is 10.2. The van der Waals surface area contributed by atoms with Crippen LogP contribution in [0.1, 0.15) is 6.92 Å². The third kappa shape index (κ3) is 3.72. The summed E-state index contributed by atoms with van der Waals surface area (Å²) >= 11 is 0. The summed E-state index contributed by atoms with van der Waals surface area (Å²) in [6, 6.07) is 10.7. The van der Waals surface area contributed by atoms with Crippen molar-refractivity contribution in [2.24, 2.45) is 0 Å². The van der Waals surface area contributed by atoms with Gasteiger partial charge in [-0.05, 0) is 19.1 Å². The lowest BCUT2D eigenvalue weighted by molar-refractivity contribution is 0.246. The van der Waals surface area contributed by atoms with Crippen LogP contribution in [0.25, 0.3) is 0 Å². The number of para-hydroxylation sites is 1. The van der Waals surface area contributed by atoms with Crippen LogP contribution in [0.5, 0.6) is 0 Å². The Hall–Kier alpha value is -1.06.